The summed E-state index contributed by atoms with van der Waals surface area (Å²) in [7, 11) is 0. The molecule has 2 amide bonds. The van der Waals surface area contributed by atoms with Crippen molar-refractivity contribution in [1.82, 2.24) is 9.88 Å². The molecule has 3 rings (SSSR count). The van der Waals surface area contributed by atoms with Gasteiger partial charge in [-0.05, 0) is 64.5 Å². The average Bonchev–Trinajstić information content (AvgIpc) is 3.30. The Labute approximate surface area is 216 Å². The summed E-state index contributed by atoms with van der Waals surface area (Å²) >= 11 is 0. The van der Waals surface area contributed by atoms with E-state index in [1.165, 1.54) is 23.2 Å². The second kappa shape index (κ2) is 12.9. The number of nitrogens with zero attached hydrogens (tertiary/aromatic N) is 4. The van der Waals surface area contributed by atoms with Crippen LogP contribution < -0.4 is 5.73 Å². The molecule has 0 spiro atoms. The van der Waals surface area contributed by atoms with Crippen LogP contribution in [0.4, 0.5) is 0 Å². The Kier molecular flexibility index (Phi) is 10.3. The van der Waals surface area contributed by atoms with E-state index in [9.17, 15) is 24.3 Å². The Morgan fingerprint density at radius 3 is 2.43 bits per heavy atom. The zero-order valence-corrected chi connectivity index (χ0v) is 21.6. The van der Waals surface area contributed by atoms with Gasteiger partial charge in [0, 0.05) is 12.7 Å². The fraction of sp³-hybridized carbons (Fsp3) is 0.577. The van der Waals surface area contributed by atoms with Crippen molar-refractivity contribution in [1.29, 1.82) is 5.26 Å². The zero-order chi connectivity index (χ0) is 27.6. The molecule has 2 aliphatic rings. The lowest BCUT2D eigenvalue weighted by Gasteiger charge is -2.42. The molecule has 1 atom stereocenters. The monoisotopic (exact) mass is 513 g/mol. The van der Waals surface area contributed by atoms with Gasteiger partial charge in [0.15, 0.2) is 0 Å². The Morgan fingerprint density at radius 2 is 1.92 bits per heavy atom. The van der Waals surface area contributed by atoms with Crippen LogP contribution in [-0.2, 0) is 19.1 Å². The van der Waals surface area contributed by atoms with Gasteiger partial charge >= 0.3 is 11.9 Å². The molecule has 0 bridgehead atoms. The Bertz CT molecular complexity index is 1050. The number of aliphatic carboxylic acids is 1. The molecule has 37 heavy (non-hydrogen) atoms. The number of amides is 2. The summed E-state index contributed by atoms with van der Waals surface area (Å²) in [4.78, 5) is 56.0. The number of aromatic nitrogens is 1. The van der Waals surface area contributed by atoms with Gasteiger partial charge in [-0.15, -0.1) is 0 Å². The molecular weight excluding hydrogens is 478 g/mol. The number of nitriles is 1. The predicted octanol–water partition coefficient (Wildman–Crippen LogP) is 2.48. The van der Waals surface area contributed by atoms with Crippen LogP contribution in [0.1, 0.15) is 81.8 Å². The number of hydrogen-bond donors (Lipinski definition) is 2. The molecule has 1 aromatic rings. The second-order valence-corrected chi connectivity index (χ2v) is 10.1. The number of ether oxygens (including phenoxy) is 1. The zero-order valence-electron chi connectivity index (χ0n) is 21.6. The first-order chi connectivity index (χ1) is 17.4. The van der Waals surface area contributed by atoms with E-state index in [1.807, 2.05) is 6.07 Å². The van der Waals surface area contributed by atoms with E-state index >= 15 is 0 Å². The normalized spacial score (nSPS) is 20.0. The number of carbonyl (C=O) groups excluding carboxylic acids is 3. The Morgan fingerprint density at radius 1 is 1.24 bits per heavy atom. The van der Waals surface area contributed by atoms with Crippen LogP contribution in [0, 0.1) is 17.2 Å². The summed E-state index contributed by atoms with van der Waals surface area (Å²) < 4.78 is 5.11. The lowest BCUT2D eigenvalue weighted by atomic mass is 9.73. The highest BCUT2D eigenvalue weighted by Crippen LogP contribution is 2.43. The van der Waals surface area contributed by atoms with Crippen molar-refractivity contribution in [3.63, 3.8) is 0 Å². The first-order valence-electron chi connectivity index (χ1n) is 12.3. The van der Waals surface area contributed by atoms with Gasteiger partial charge in [0.05, 0.1) is 5.56 Å². The highest BCUT2D eigenvalue weighted by Gasteiger charge is 2.54. The van der Waals surface area contributed by atoms with Gasteiger partial charge in [0.25, 0.3) is 0 Å². The molecule has 0 unspecified atom stereocenters. The van der Waals surface area contributed by atoms with Gasteiger partial charge in [-0.2, -0.15) is 5.26 Å². The van der Waals surface area contributed by atoms with Crippen molar-refractivity contribution in [3.8, 4) is 6.07 Å². The SMILES string of the molecule is CC(C)(C)OC(=O)C=NCC(=O)N1CCC[C@]1(C(=O)O)C1CCCCC1.N#Cc1ccc(C(N)=O)cn1. The third kappa shape index (κ3) is 8.10. The number of likely N-dealkylation sites (tertiary alicyclic amines) is 1. The van der Waals surface area contributed by atoms with E-state index in [0.29, 0.717) is 24.9 Å². The lowest BCUT2D eigenvalue weighted by molar-refractivity contribution is -0.161. The van der Waals surface area contributed by atoms with Gasteiger partial charge in [-0.1, -0.05) is 19.3 Å². The fourth-order valence-electron chi connectivity index (χ4n) is 4.81. The lowest BCUT2D eigenvalue weighted by Crippen LogP contribution is -2.58. The molecule has 11 nitrogen and oxygen atoms in total. The summed E-state index contributed by atoms with van der Waals surface area (Å²) in [6.45, 7) is 5.45. The molecule has 2 heterocycles. The van der Waals surface area contributed by atoms with Crippen molar-refractivity contribution in [2.75, 3.05) is 13.1 Å². The van der Waals surface area contributed by atoms with Gasteiger partial charge in [0.2, 0.25) is 11.8 Å². The van der Waals surface area contributed by atoms with Gasteiger partial charge in [0.1, 0.15) is 35.7 Å². The molecule has 1 saturated carbocycles. The maximum atomic E-state index is 12.7. The number of carboxylic acids is 1. The highest BCUT2D eigenvalue weighted by atomic mass is 16.6. The number of hydrogen-bond acceptors (Lipinski definition) is 8. The molecule has 0 radical (unpaired) electrons. The van der Waals surface area contributed by atoms with E-state index in [-0.39, 0.29) is 24.1 Å². The van der Waals surface area contributed by atoms with E-state index in [4.69, 9.17) is 15.7 Å². The Balaban J connectivity index is 0.000000364. The minimum atomic E-state index is -1.11. The van der Waals surface area contributed by atoms with Crippen molar-refractivity contribution in [3.05, 3.63) is 29.6 Å². The molecule has 200 valence electrons. The quantitative estimate of drug-likeness (QED) is 0.430. The predicted molar refractivity (Wildman–Crippen MR) is 135 cm³/mol. The number of primary amides is 1. The summed E-state index contributed by atoms with van der Waals surface area (Å²) in [5.41, 5.74) is 3.79. The number of aliphatic imine (C=N–C) groups is 1. The fourth-order valence-corrected chi connectivity index (χ4v) is 4.81. The van der Waals surface area contributed by atoms with Crippen molar-refractivity contribution in [2.45, 2.75) is 76.9 Å². The average molecular weight is 514 g/mol. The molecule has 1 saturated heterocycles. The van der Waals surface area contributed by atoms with Crippen molar-refractivity contribution in [2.24, 2.45) is 16.6 Å². The van der Waals surface area contributed by atoms with Crippen LogP contribution in [0.3, 0.4) is 0 Å². The first kappa shape index (κ1) is 29.4. The number of pyridine rings is 1. The largest absolute Gasteiger partial charge is 0.479 e. The van der Waals surface area contributed by atoms with Crippen LogP contribution in [0.2, 0.25) is 0 Å². The summed E-state index contributed by atoms with van der Waals surface area (Å²) in [6, 6.07) is 4.74. The number of rotatable bonds is 6. The number of esters is 1. The first-order valence-corrected chi connectivity index (χ1v) is 12.3. The molecule has 11 heteroatoms. The standard InChI is InChI=1S/C19H30N2O5.C7H5N3O/c1-18(2,3)26-16(23)13-20-12-15(22)21-11-7-10-19(21,17(24)25)14-8-5-4-6-9-14;8-3-6-2-1-5(4-10-6)7(9)11/h13-14H,4-12H2,1-3H3,(H,24,25);1-2,4H,(H2,9,11)/t19-;/m1./s1. The van der Waals surface area contributed by atoms with Crippen LogP contribution in [-0.4, -0.2) is 69.2 Å². The van der Waals surface area contributed by atoms with E-state index < -0.39 is 29.0 Å². The van der Waals surface area contributed by atoms with E-state index in [0.717, 1.165) is 38.3 Å². The number of carboxylic acid groups (broad SMARTS) is 1. The van der Waals surface area contributed by atoms with Gasteiger partial charge in [-0.3, -0.25) is 14.6 Å². The maximum absolute atomic E-state index is 12.7. The number of carbonyl (C=O) groups is 4. The Hall–Kier alpha value is -3.81. The van der Waals surface area contributed by atoms with Gasteiger partial charge in [-0.25, -0.2) is 14.6 Å². The summed E-state index contributed by atoms with van der Waals surface area (Å²) in [5, 5.41) is 18.3. The minimum absolute atomic E-state index is 0.00460. The summed E-state index contributed by atoms with van der Waals surface area (Å²) in [5.74, 6) is -2.40. The van der Waals surface area contributed by atoms with E-state index in [1.54, 1.807) is 20.8 Å². The number of nitrogens with two attached hydrogens (primary N) is 1. The topological polar surface area (TPSA) is 176 Å². The second-order valence-electron chi connectivity index (χ2n) is 10.1. The smallest absolute Gasteiger partial charge is 0.349 e. The third-order valence-electron chi connectivity index (χ3n) is 6.37. The van der Waals surface area contributed by atoms with E-state index in [2.05, 4.69) is 9.98 Å². The molecule has 3 N–H and O–H groups in total. The van der Waals surface area contributed by atoms with Crippen LogP contribution >= 0.6 is 0 Å². The molecule has 0 aromatic carbocycles. The van der Waals surface area contributed by atoms with Crippen molar-refractivity contribution < 1.29 is 29.0 Å². The van der Waals surface area contributed by atoms with Gasteiger partial charge < -0.3 is 20.5 Å². The minimum Gasteiger partial charge on any atom is -0.479 e. The van der Waals surface area contributed by atoms with Crippen LogP contribution in [0.25, 0.3) is 0 Å². The molecule has 1 aromatic heterocycles. The van der Waals surface area contributed by atoms with Crippen LogP contribution in [0.5, 0.6) is 0 Å². The maximum Gasteiger partial charge on any atom is 0.349 e. The molecule has 1 aliphatic heterocycles. The molecular formula is C26H35N5O6. The third-order valence-corrected chi connectivity index (χ3v) is 6.37. The highest BCUT2D eigenvalue weighted by molar-refractivity contribution is 6.23. The molecule has 2 fully saturated rings. The summed E-state index contributed by atoms with van der Waals surface area (Å²) in [6.07, 6.45) is 8.30. The molecule has 1 aliphatic carbocycles. The van der Waals surface area contributed by atoms with Crippen LogP contribution in [0.15, 0.2) is 23.3 Å². The van der Waals surface area contributed by atoms with Crippen molar-refractivity contribution >= 4 is 30.0 Å².